The summed E-state index contributed by atoms with van der Waals surface area (Å²) in [6.45, 7) is 5.71. The van der Waals surface area contributed by atoms with Gasteiger partial charge in [-0.2, -0.15) is 0 Å². The Morgan fingerprint density at radius 3 is 2.67 bits per heavy atom. The molecule has 1 aliphatic carbocycles. The lowest BCUT2D eigenvalue weighted by Crippen LogP contribution is -2.26. The van der Waals surface area contributed by atoms with Crippen LogP contribution in [0.15, 0.2) is 0 Å². The highest BCUT2D eigenvalue weighted by Gasteiger charge is 2.20. The molecule has 0 saturated carbocycles. The predicted octanol–water partition coefficient (Wildman–Crippen LogP) is 3.14. The Labute approximate surface area is 145 Å². The Morgan fingerprint density at radius 2 is 2.00 bits per heavy atom. The zero-order chi connectivity index (χ0) is 17.3. The van der Waals surface area contributed by atoms with E-state index in [-0.39, 0.29) is 11.7 Å². The van der Waals surface area contributed by atoms with Gasteiger partial charge in [0.05, 0.1) is 10.7 Å². The van der Waals surface area contributed by atoms with E-state index in [0.29, 0.717) is 17.8 Å². The average Bonchev–Trinajstić information content (AvgIpc) is 3.07. The predicted molar refractivity (Wildman–Crippen MR) is 95.1 cm³/mol. The summed E-state index contributed by atoms with van der Waals surface area (Å²) in [7, 11) is 0. The van der Waals surface area contributed by atoms with E-state index in [1.807, 2.05) is 13.8 Å². The fraction of sp³-hybridized carbons (Fsp3) is 0.500. The largest absolute Gasteiger partial charge is 0.354 e. The molecule has 128 valence electrons. The van der Waals surface area contributed by atoms with Gasteiger partial charge in [0.2, 0.25) is 0 Å². The molecule has 0 unspecified atom stereocenters. The van der Waals surface area contributed by atoms with E-state index in [0.717, 1.165) is 35.5 Å². The smallest absolute Gasteiger partial charge is 0.268 e. The maximum absolute atomic E-state index is 12.4. The molecule has 0 fully saturated rings. The number of hydrogen-bond acceptors (Lipinski definition) is 4. The minimum atomic E-state index is -0.163. The molecular weight excluding hydrogens is 322 g/mol. The van der Waals surface area contributed by atoms with Gasteiger partial charge in [0.25, 0.3) is 5.91 Å². The SMILES string of the molecule is CC(=O)c1c(C)[nH]c(C(=O)NCCc2nc3c(s2)CCCC3)c1C. The topological polar surface area (TPSA) is 74.8 Å². The molecule has 5 nitrogen and oxygen atoms in total. The van der Waals surface area contributed by atoms with Crippen molar-refractivity contribution in [2.24, 2.45) is 0 Å². The van der Waals surface area contributed by atoms with E-state index in [2.05, 4.69) is 10.3 Å². The van der Waals surface area contributed by atoms with Crippen LogP contribution in [-0.2, 0) is 19.3 Å². The normalized spacial score (nSPS) is 13.6. The van der Waals surface area contributed by atoms with Crippen LogP contribution in [0.25, 0.3) is 0 Å². The molecule has 2 aromatic rings. The first-order valence-corrected chi connectivity index (χ1v) is 9.24. The number of thiazole rings is 1. The molecular formula is C18H23N3O2S. The molecule has 1 aliphatic rings. The molecule has 3 rings (SSSR count). The number of rotatable bonds is 5. The van der Waals surface area contributed by atoms with Gasteiger partial charge in [0.1, 0.15) is 5.69 Å². The minimum Gasteiger partial charge on any atom is -0.354 e. The number of nitrogens with zero attached hydrogens (tertiary/aromatic N) is 1. The fourth-order valence-corrected chi connectivity index (χ4v) is 4.55. The molecule has 1 amide bonds. The number of aromatic nitrogens is 2. The Balaban J connectivity index is 1.61. The number of nitrogens with one attached hydrogen (secondary N) is 2. The number of aryl methyl sites for hydroxylation is 3. The van der Waals surface area contributed by atoms with Gasteiger partial charge in [-0.05, 0) is 52.0 Å². The number of ketones is 1. The van der Waals surface area contributed by atoms with Crippen LogP contribution in [0.5, 0.6) is 0 Å². The van der Waals surface area contributed by atoms with Crippen LogP contribution in [0.3, 0.4) is 0 Å². The summed E-state index contributed by atoms with van der Waals surface area (Å²) in [4.78, 5) is 33.2. The molecule has 0 spiro atoms. The van der Waals surface area contributed by atoms with Crippen molar-refractivity contribution in [3.05, 3.63) is 38.1 Å². The van der Waals surface area contributed by atoms with E-state index in [4.69, 9.17) is 4.98 Å². The number of aromatic amines is 1. The second kappa shape index (κ2) is 6.89. The molecule has 2 aromatic heterocycles. The van der Waals surface area contributed by atoms with Crippen molar-refractivity contribution < 1.29 is 9.59 Å². The van der Waals surface area contributed by atoms with E-state index in [1.54, 1.807) is 11.3 Å². The first kappa shape index (κ1) is 16.9. The minimum absolute atomic E-state index is 0.0198. The first-order chi connectivity index (χ1) is 11.5. The van der Waals surface area contributed by atoms with Crippen LogP contribution in [-0.4, -0.2) is 28.2 Å². The summed E-state index contributed by atoms with van der Waals surface area (Å²) in [6, 6.07) is 0. The number of amides is 1. The first-order valence-electron chi connectivity index (χ1n) is 8.43. The van der Waals surface area contributed by atoms with Crippen LogP contribution < -0.4 is 5.32 Å². The summed E-state index contributed by atoms with van der Waals surface area (Å²) in [5, 5.41) is 4.04. The van der Waals surface area contributed by atoms with Crippen molar-refractivity contribution in [2.75, 3.05) is 6.54 Å². The summed E-state index contributed by atoms with van der Waals surface area (Å²) in [6.07, 6.45) is 5.48. The molecule has 0 bridgehead atoms. The number of fused-ring (bicyclic) bond motifs is 1. The van der Waals surface area contributed by atoms with Crippen LogP contribution >= 0.6 is 11.3 Å². The highest BCUT2D eigenvalue weighted by atomic mass is 32.1. The maximum atomic E-state index is 12.4. The average molecular weight is 345 g/mol. The van der Waals surface area contributed by atoms with Gasteiger partial charge < -0.3 is 10.3 Å². The molecule has 0 aromatic carbocycles. The Morgan fingerprint density at radius 1 is 1.25 bits per heavy atom. The van der Waals surface area contributed by atoms with Crippen LogP contribution in [0.4, 0.5) is 0 Å². The van der Waals surface area contributed by atoms with Gasteiger partial charge in [-0.15, -0.1) is 11.3 Å². The zero-order valence-corrected chi connectivity index (χ0v) is 15.2. The Hall–Kier alpha value is -1.95. The van der Waals surface area contributed by atoms with Crippen molar-refractivity contribution in [1.29, 1.82) is 0 Å². The van der Waals surface area contributed by atoms with Gasteiger partial charge in [-0.25, -0.2) is 4.98 Å². The van der Waals surface area contributed by atoms with Crippen molar-refractivity contribution in [2.45, 2.75) is 52.9 Å². The molecule has 2 N–H and O–H groups in total. The van der Waals surface area contributed by atoms with Crippen molar-refractivity contribution in [1.82, 2.24) is 15.3 Å². The van der Waals surface area contributed by atoms with Crippen LogP contribution in [0.2, 0.25) is 0 Å². The number of carbonyl (C=O) groups excluding carboxylic acids is 2. The van der Waals surface area contributed by atoms with Gasteiger partial charge in [-0.1, -0.05) is 0 Å². The summed E-state index contributed by atoms with van der Waals surface area (Å²) < 4.78 is 0. The Kier molecular flexibility index (Phi) is 4.85. The third-order valence-electron chi connectivity index (χ3n) is 4.53. The highest BCUT2D eigenvalue weighted by Crippen LogP contribution is 2.26. The van der Waals surface area contributed by atoms with Gasteiger partial charge in [-0.3, -0.25) is 9.59 Å². The lowest BCUT2D eigenvalue weighted by molar-refractivity contribution is 0.0949. The molecule has 0 saturated heterocycles. The monoisotopic (exact) mass is 345 g/mol. The van der Waals surface area contributed by atoms with Crippen molar-refractivity contribution in [3.8, 4) is 0 Å². The second-order valence-electron chi connectivity index (χ2n) is 6.37. The van der Waals surface area contributed by atoms with Crippen LogP contribution in [0.1, 0.15) is 67.4 Å². The van der Waals surface area contributed by atoms with E-state index in [9.17, 15) is 9.59 Å². The quantitative estimate of drug-likeness (QED) is 0.818. The maximum Gasteiger partial charge on any atom is 0.268 e. The molecule has 6 heteroatoms. The number of hydrogen-bond donors (Lipinski definition) is 2. The summed E-state index contributed by atoms with van der Waals surface area (Å²) in [5.41, 5.74) is 3.83. The van der Waals surface area contributed by atoms with Gasteiger partial charge in [0, 0.05) is 29.1 Å². The molecule has 0 atom stereocenters. The number of carbonyl (C=O) groups is 2. The van der Waals surface area contributed by atoms with E-state index >= 15 is 0 Å². The number of Topliss-reactive ketones (excluding diaryl/α,β-unsaturated/α-hetero) is 1. The number of H-pyrrole nitrogens is 1. The zero-order valence-electron chi connectivity index (χ0n) is 14.4. The molecule has 0 radical (unpaired) electrons. The second-order valence-corrected chi connectivity index (χ2v) is 7.54. The third-order valence-corrected chi connectivity index (χ3v) is 5.75. The molecule has 0 aliphatic heterocycles. The van der Waals surface area contributed by atoms with Crippen LogP contribution in [0, 0.1) is 13.8 Å². The van der Waals surface area contributed by atoms with Gasteiger partial charge >= 0.3 is 0 Å². The highest BCUT2D eigenvalue weighted by molar-refractivity contribution is 7.11. The molecule has 2 heterocycles. The lowest BCUT2D eigenvalue weighted by Gasteiger charge is -2.06. The van der Waals surface area contributed by atoms with E-state index in [1.165, 1.54) is 30.3 Å². The van der Waals surface area contributed by atoms with Gasteiger partial charge in [0.15, 0.2) is 5.78 Å². The Bertz CT molecular complexity index is 765. The fourth-order valence-electron chi connectivity index (χ4n) is 3.39. The van der Waals surface area contributed by atoms with Crippen molar-refractivity contribution in [3.63, 3.8) is 0 Å². The summed E-state index contributed by atoms with van der Waals surface area (Å²) in [5.74, 6) is -0.182. The summed E-state index contributed by atoms with van der Waals surface area (Å²) >= 11 is 1.78. The molecule has 24 heavy (non-hydrogen) atoms. The van der Waals surface area contributed by atoms with Crippen molar-refractivity contribution >= 4 is 23.0 Å². The lowest BCUT2D eigenvalue weighted by atomic mass is 10.0. The third kappa shape index (κ3) is 3.29. The standard InChI is InChI=1S/C18H23N3O2S/c1-10-16(12(3)22)11(2)20-17(10)18(23)19-9-8-15-21-13-6-4-5-7-14(13)24-15/h20H,4-9H2,1-3H3,(H,19,23). The van der Waals surface area contributed by atoms with E-state index < -0.39 is 0 Å².